The lowest BCUT2D eigenvalue weighted by molar-refractivity contribution is -0.123. The summed E-state index contributed by atoms with van der Waals surface area (Å²) in [6.07, 6.45) is 4.14. The molecule has 24 heavy (non-hydrogen) atoms. The number of amides is 1. The van der Waals surface area contributed by atoms with E-state index in [0.717, 1.165) is 31.2 Å². The molecule has 0 heterocycles. The first-order chi connectivity index (χ1) is 11.3. The first-order valence-corrected chi connectivity index (χ1v) is 9.88. The van der Waals surface area contributed by atoms with Crippen molar-refractivity contribution < 1.29 is 17.9 Å². The monoisotopic (exact) mass is 354 g/mol. The quantitative estimate of drug-likeness (QED) is 0.785. The third-order valence-corrected chi connectivity index (χ3v) is 5.72. The number of aryl methyl sites for hydroxylation is 1. The Morgan fingerprint density at radius 3 is 2.58 bits per heavy atom. The van der Waals surface area contributed by atoms with Crippen LogP contribution in [0.3, 0.4) is 0 Å². The van der Waals surface area contributed by atoms with Gasteiger partial charge in [0, 0.05) is 6.04 Å². The van der Waals surface area contributed by atoms with Crippen LogP contribution < -0.4 is 14.8 Å². The molecule has 1 aliphatic rings. The van der Waals surface area contributed by atoms with Gasteiger partial charge in [-0.15, -0.1) is 0 Å². The van der Waals surface area contributed by atoms with Crippen molar-refractivity contribution in [2.45, 2.75) is 63.4 Å². The minimum atomic E-state index is -3.76. The molecule has 1 aromatic rings. The molecule has 0 spiro atoms. The molecule has 0 saturated heterocycles. The first-order valence-electron chi connectivity index (χ1n) is 8.39. The number of ether oxygens (including phenoxy) is 1. The van der Waals surface area contributed by atoms with Crippen LogP contribution in [0.4, 0.5) is 0 Å². The summed E-state index contributed by atoms with van der Waals surface area (Å²) in [6.45, 7) is 5.74. The van der Waals surface area contributed by atoms with Crippen molar-refractivity contribution >= 4 is 15.9 Å². The number of sulfonamides is 1. The van der Waals surface area contributed by atoms with Crippen LogP contribution in [-0.2, 0) is 14.8 Å². The summed E-state index contributed by atoms with van der Waals surface area (Å²) in [7, 11) is -3.76. The second kappa shape index (κ2) is 7.98. The minimum Gasteiger partial charge on any atom is -0.494 e. The maximum atomic E-state index is 12.5. The van der Waals surface area contributed by atoms with Gasteiger partial charge in [-0.2, -0.15) is 4.72 Å². The molecular formula is C17H26N2O4S. The average molecular weight is 354 g/mol. The zero-order valence-corrected chi connectivity index (χ0v) is 15.3. The summed E-state index contributed by atoms with van der Waals surface area (Å²) >= 11 is 0. The van der Waals surface area contributed by atoms with Crippen LogP contribution in [0, 0.1) is 6.92 Å². The van der Waals surface area contributed by atoms with Gasteiger partial charge < -0.3 is 10.1 Å². The Hall–Kier alpha value is -1.60. The first kappa shape index (κ1) is 18.7. The van der Waals surface area contributed by atoms with E-state index in [1.54, 1.807) is 26.0 Å². The van der Waals surface area contributed by atoms with Gasteiger partial charge in [0.1, 0.15) is 5.75 Å². The standard InChI is InChI=1S/C17H26N2O4S/c1-4-23-16-10-9-15(11-12(16)2)24(21,22)19-13(3)17(20)18-14-7-5-6-8-14/h9-11,13-14,19H,4-8H2,1-3H3,(H,18,20)/t13-/m0/s1. The number of hydrogen-bond donors (Lipinski definition) is 2. The predicted octanol–water partition coefficient (Wildman–Crippen LogP) is 2.12. The predicted molar refractivity (Wildman–Crippen MR) is 92.5 cm³/mol. The van der Waals surface area contributed by atoms with E-state index in [9.17, 15) is 13.2 Å². The van der Waals surface area contributed by atoms with Crippen LogP contribution in [-0.4, -0.2) is 33.0 Å². The SMILES string of the molecule is CCOc1ccc(S(=O)(=O)N[C@@H](C)C(=O)NC2CCCC2)cc1C. The van der Waals surface area contributed by atoms with Crippen LogP contribution in [0.25, 0.3) is 0 Å². The van der Waals surface area contributed by atoms with E-state index in [1.165, 1.54) is 6.07 Å². The van der Waals surface area contributed by atoms with Crippen LogP contribution in [0.15, 0.2) is 23.1 Å². The van der Waals surface area contributed by atoms with Crippen molar-refractivity contribution in [3.05, 3.63) is 23.8 Å². The maximum Gasteiger partial charge on any atom is 0.241 e. The van der Waals surface area contributed by atoms with E-state index in [2.05, 4.69) is 10.0 Å². The Balaban J connectivity index is 2.04. The van der Waals surface area contributed by atoms with E-state index in [0.29, 0.717) is 12.4 Å². The second-order valence-electron chi connectivity index (χ2n) is 6.19. The van der Waals surface area contributed by atoms with E-state index in [1.807, 2.05) is 6.92 Å². The number of carbonyl (C=O) groups excluding carboxylic acids is 1. The zero-order chi connectivity index (χ0) is 17.7. The van der Waals surface area contributed by atoms with E-state index in [-0.39, 0.29) is 16.8 Å². The Morgan fingerprint density at radius 2 is 2.00 bits per heavy atom. The highest BCUT2D eigenvalue weighted by atomic mass is 32.2. The Bertz CT molecular complexity index is 682. The number of benzene rings is 1. The van der Waals surface area contributed by atoms with Gasteiger partial charge in [0.25, 0.3) is 0 Å². The van der Waals surface area contributed by atoms with Gasteiger partial charge in [-0.05, 0) is 57.4 Å². The van der Waals surface area contributed by atoms with Crippen molar-refractivity contribution in [2.75, 3.05) is 6.61 Å². The molecule has 1 atom stereocenters. The smallest absolute Gasteiger partial charge is 0.241 e. The van der Waals surface area contributed by atoms with E-state index >= 15 is 0 Å². The summed E-state index contributed by atoms with van der Waals surface area (Å²) in [5, 5.41) is 2.90. The van der Waals surface area contributed by atoms with Gasteiger partial charge >= 0.3 is 0 Å². The summed E-state index contributed by atoms with van der Waals surface area (Å²) in [6, 6.07) is 4.02. The highest BCUT2D eigenvalue weighted by molar-refractivity contribution is 7.89. The van der Waals surface area contributed by atoms with Crippen molar-refractivity contribution in [3.63, 3.8) is 0 Å². The van der Waals surface area contributed by atoms with Gasteiger partial charge in [0.2, 0.25) is 15.9 Å². The van der Waals surface area contributed by atoms with Gasteiger partial charge in [-0.25, -0.2) is 8.42 Å². The molecule has 2 rings (SSSR count). The lowest BCUT2D eigenvalue weighted by Crippen LogP contribution is -2.47. The van der Waals surface area contributed by atoms with Crippen LogP contribution in [0.5, 0.6) is 5.75 Å². The third kappa shape index (κ3) is 4.70. The van der Waals surface area contributed by atoms with Crippen molar-refractivity contribution in [3.8, 4) is 5.75 Å². The molecule has 1 fully saturated rings. The molecule has 1 amide bonds. The molecule has 0 radical (unpaired) electrons. The Labute approximate surface area is 144 Å². The Morgan fingerprint density at radius 1 is 1.33 bits per heavy atom. The Kier molecular flexibility index (Phi) is 6.23. The largest absolute Gasteiger partial charge is 0.494 e. The fraction of sp³-hybridized carbons (Fsp3) is 0.588. The maximum absolute atomic E-state index is 12.5. The molecule has 0 unspecified atom stereocenters. The van der Waals surface area contributed by atoms with Crippen LogP contribution >= 0.6 is 0 Å². The fourth-order valence-corrected chi connectivity index (χ4v) is 4.14. The number of carbonyl (C=O) groups is 1. The number of nitrogens with one attached hydrogen (secondary N) is 2. The molecular weight excluding hydrogens is 328 g/mol. The highest BCUT2D eigenvalue weighted by Gasteiger charge is 2.25. The summed E-state index contributed by atoms with van der Waals surface area (Å²) in [4.78, 5) is 12.3. The second-order valence-corrected chi connectivity index (χ2v) is 7.91. The number of hydrogen-bond acceptors (Lipinski definition) is 4. The van der Waals surface area contributed by atoms with Crippen molar-refractivity contribution in [1.82, 2.24) is 10.0 Å². The molecule has 134 valence electrons. The minimum absolute atomic E-state index is 0.129. The molecule has 1 saturated carbocycles. The van der Waals surface area contributed by atoms with E-state index in [4.69, 9.17) is 4.74 Å². The molecule has 2 N–H and O–H groups in total. The van der Waals surface area contributed by atoms with Gasteiger partial charge in [-0.3, -0.25) is 4.79 Å². The molecule has 6 nitrogen and oxygen atoms in total. The number of rotatable bonds is 7. The summed E-state index contributed by atoms with van der Waals surface area (Å²) in [5.74, 6) is 0.372. The van der Waals surface area contributed by atoms with Gasteiger partial charge in [-0.1, -0.05) is 12.8 Å². The summed E-state index contributed by atoms with van der Waals surface area (Å²) < 4.78 is 32.8. The fourth-order valence-electron chi connectivity index (χ4n) is 2.86. The van der Waals surface area contributed by atoms with Crippen LogP contribution in [0.1, 0.15) is 45.1 Å². The van der Waals surface area contributed by atoms with Gasteiger partial charge in [0.05, 0.1) is 17.5 Å². The molecule has 0 aromatic heterocycles. The molecule has 0 bridgehead atoms. The van der Waals surface area contributed by atoms with Crippen molar-refractivity contribution in [1.29, 1.82) is 0 Å². The molecule has 1 aliphatic carbocycles. The zero-order valence-electron chi connectivity index (χ0n) is 14.5. The lowest BCUT2D eigenvalue weighted by Gasteiger charge is -2.18. The molecule has 1 aromatic carbocycles. The third-order valence-electron chi connectivity index (χ3n) is 4.18. The highest BCUT2D eigenvalue weighted by Crippen LogP contribution is 2.22. The molecule has 0 aliphatic heterocycles. The topological polar surface area (TPSA) is 84.5 Å². The normalized spacial score (nSPS) is 16.8. The average Bonchev–Trinajstić information content (AvgIpc) is 3.01. The lowest BCUT2D eigenvalue weighted by atomic mass is 10.2. The molecule has 7 heteroatoms. The van der Waals surface area contributed by atoms with E-state index < -0.39 is 16.1 Å². The van der Waals surface area contributed by atoms with Crippen molar-refractivity contribution in [2.24, 2.45) is 0 Å². The van der Waals surface area contributed by atoms with Crippen LogP contribution in [0.2, 0.25) is 0 Å². The van der Waals surface area contributed by atoms with Gasteiger partial charge in [0.15, 0.2) is 0 Å². The summed E-state index contributed by atoms with van der Waals surface area (Å²) in [5.41, 5.74) is 0.739.